The van der Waals surface area contributed by atoms with Gasteiger partial charge in [-0.2, -0.15) is 14.2 Å². The average Bonchev–Trinajstić information content (AvgIpc) is 2.68. The zero-order valence-electron chi connectivity index (χ0n) is 15.2. The molecule has 0 saturated carbocycles. The van der Waals surface area contributed by atoms with Gasteiger partial charge < -0.3 is 20.1 Å². The van der Waals surface area contributed by atoms with E-state index in [-0.39, 0.29) is 25.0 Å². The lowest BCUT2D eigenvalue weighted by Gasteiger charge is -2.10. The number of nitrogens with one attached hydrogen (secondary N) is 2. The molecule has 27 heavy (non-hydrogen) atoms. The van der Waals surface area contributed by atoms with Crippen LogP contribution in [-0.4, -0.2) is 56.5 Å². The molecule has 0 fully saturated rings. The summed E-state index contributed by atoms with van der Waals surface area (Å²) in [6.45, 7) is 1.29. The van der Waals surface area contributed by atoms with Gasteiger partial charge in [0.2, 0.25) is 0 Å². The lowest BCUT2D eigenvalue weighted by atomic mass is 10.2. The molecule has 0 radical (unpaired) electrons. The van der Waals surface area contributed by atoms with E-state index in [0.29, 0.717) is 5.56 Å². The Bertz CT molecular complexity index is 682. The van der Waals surface area contributed by atoms with Crippen molar-refractivity contribution in [1.82, 2.24) is 10.6 Å². The summed E-state index contributed by atoms with van der Waals surface area (Å²) < 4.78 is 10.9. The topological polar surface area (TPSA) is 136 Å². The molecule has 0 unspecified atom stereocenters. The molecule has 0 aliphatic rings. The van der Waals surface area contributed by atoms with Crippen LogP contribution in [0.3, 0.4) is 0 Å². The molecule has 12 nitrogen and oxygen atoms in total. The largest absolute Gasteiger partial charge is 0.477 e. The van der Waals surface area contributed by atoms with Crippen molar-refractivity contribution in [2.45, 2.75) is 19.7 Å². The SMILES string of the molecule is COC(=O)[C@H](C)NC(=O)OC[n+]1cccc(C(=O)NCCO[N+](=O)OC)c1. The third kappa shape index (κ3) is 7.98. The van der Waals surface area contributed by atoms with Crippen LogP contribution in [0.1, 0.15) is 17.3 Å². The minimum Gasteiger partial charge on any atom is -0.467 e. The first-order chi connectivity index (χ1) is 12.9. The molecule has 2 amide bonds. The second-order valence-corrected chi connectivity index (χ2v) is 5.05. The van der Waals surface area contributed by atoms with Gasteiger partial charge in [0.1, 0.15) is 16.5 Å². The molecule has 12 heteroatoms. The summed E-state index contributed by atoms with van der Waals surface area (Å²) in [6, 6.07) is 2.30. The normalized spacial score (nSPS) is 10.9. The second-order valence-electron chi connectivity index (χ2n) is 5.05. The van der Waals surface area contributed by atoms with Crippen LogP contribution in [0, 0.1) is 4.91 Å². The fourth-order valence-electron chi connectivity index (χ4n) is 1.76. The van der Waals surface area contributed by atoms with E-state index in [2.05, 4.69) is 25.0 Å². The van der Waals surface area contributed by atoms with Crippen molar-refractivity contribution in [2.24, 2.45) is 0 Å². The van der Waals surface area contributed by atoms with Crippen LogP contribution in [0.25, 0.3) is 0 Å². The lowest BCUT2D eigenvalue weighted by molar-refractivity contribution is -0.976. The maximum absolute atomic E-state index is 12.0. The monoisotopic (exact) mass is 386 g/mol. The highest BCUT2D eigenvalue weighted by molar-refractivity contribution is 5.93. The van der Waals surface area contributed by atoms with Crippen LogP contribution < -0.4 is 15.2 Å². The number of carbonyl (C=O) groups excluding carboxylic acids is 3. The molecule has 0 bridgehead atoms. The van der Waals surface area contributed by atoms with E-state index >= 15 is 0 Å². The van der Waals surface area contributed by atoms with Crippen molar-refractivity contribution >= 4 is 18.0 Å². The van der Waals surface area contributed by atoms with E-state index in [1.54, 1.807) is 18.3 Å². The van der Waals surface area contributed by atoms with Gasteiger partial charge in [-0.3, -0.25) is 4.79 Å². The Morgan fingerprint density at radius 1 is 1.30 bits per heavy atom. The van der Waals surface area contributed by atoms with Crippen molar-refractivity contribution in [3.63, 3.8) is 0 Å². The van der Waals surface area contributed by atoms with Crippen molar-refractivity contribution in [3.8, 4) is 0 Å². The summed E-state index contributed by atoms with van der Waals surface area (Å²) in [5, 5.41) is 4.77. The number of ether oxygens (including phenoxy) is 2. The summed E-state index contributed by atoms with van der Waals surface area (Å²) in [4.78, 5) is 54.4. The lowest BCUT2D eigenvalue weighted by Crippen LogP contribution is -2.43. The molecule has 148 valence electrons. The van der Waals surface area contributed by atoms with Crippen molar-refractivity contribution in [3.05, 3.63) is 35.0 Å². The van der Waals surface area contributed by atoms with E-state index in [9.17, 15) is 19.3 Å². The number of hydrogen-bond acceptors (Lipinski definition) is 8. The highest BCUT2D eigenvalue weighted by Crippen LogP contribution is 1.95. The number of methoxy groups -OCH3 is 1. The fraction of sp³-hybridized carbons (Fsp3) is 0.467. The Balaban J connectivity index is 2.46. The van der Waals surface area contributed by atoms with Gasteiger partial charge in [0.25, 0.3) is 12.6 Å². The first-order valence-corrected chi connectivity index (χ1v) is 7.80. The number of esters is 1. The molecule has 1 atom stereocenters. The maximum Gasteiger partial charge on any atom is 0.477 e. The highest BCUT2D eigenvalue weighted by atomic mass is 17.0. The summed E-state index contributed by atoms with van der Waals surface area (Å²) in [5.41, 5.74) is 0.301. The van der Waals surface area contributed by atoms with Crippen LogP contribution in [-0.2, 0) is 30.7 Å². The van der Waals surface area contributed by atoms with E-state index in [4.69, 9.17) is 4.74 Å². The zero-order valence-corrected chi connectivity index (χ0v) is 15.2. The summed E-state index contributed by atoms with van der Waals surface area (Å²) >= 11 is 0. The first kappa shape index (κ1) is 21.6. The Kier molecular flexibility index (Phi) is 8.98. The van der Waals surface area contributed by atoms with Gasteiger partial charge >= 0.3 is 17.1 Å². The van der Waals surface area contributed by atoms with Crippen molar-refractivity contribution in [1.29, 1.82) is 0 Å². The predicted molar refractivity (Wildman–Crippen MR) is 86.7 cm³/mol. The molecular weight excluding hydrogens is 364 g/mol. The highest BCUT2D eigenvalue weighted by Gasteiger charge is 2.18. The number of hydrogen-bond donors (Lipinski definition) is 2. The van der Waals surface area contributed by atoms with Gasteiger partial charge in [0, 0.05) is 6.07 Å². The number of carbonyl (C=O) groups is 3. The van der Waals surface area contributed by atoms with Crippen LogP contribution in [0.5, 0.6) is 0 Å². The molecule has 0 aliphatic heterocycles. The fourth-order valence-corrected chi connectivity index (χ4v) is 1.76. The maximum atomic E-state index is 12.0. The molecule has 1 rings (SSSR count). The van der Waals surface area contributed by atoms with Crippen LogP contribution in [0.2, 0.25) is 0 Å². The van der Waals surface area contributed by atoms with E-state index in [1.165, 1.54) is 24.8 Å². The Hall–Kier alpha value is -3.44. The van der Waals surface area contributed by atoms with E-state index in [0.717, 1.165) is 7.11 Å². The van der Waals surface area contributed by atoms with Crippen LogP contribution >= 0.6 is 0 Å². The van der Waals surface area contributed by atoms with Gasteiger partial charge in [-0.25, -0.2) is 9.59 Å². The second kappa shape index (κ2) is 11.2. The Morgan fingerprint density at radius 3 is 2.70 bits per heavy atom. The molecule has 0 spiro atoms. The standard InChI is InChI=1S/C15H20N4O8/c1-11(14(21)24-2)17-15(22)26-10-18-7-4-5-12(9-18)13(20)16-6-8-27-19(23)25-3/h4-5,7,9,11H,6,8,10H2,1-3H3/p+2/t11-/m0/s1. The van der Waals surface area contributed by atoms with Gasteiger partial charge in [0.15, 0.2) is 26.1 Å². The van der Waals surface area contributed by atoms with Crippen LogP contribution in [0.15, 0.2) is 24.5 Å². The summed E-state index contributed by atoms with van der Waals surface area (Å²) in [5.74, 6) is -1.01. The number of nitrogens with zero attached hydrogens (tertiary/aromatic N) is 2. The molecule has 0 saturated heterocycles. The van der Waals surface area contributed by atoms with Crippen molar-refractivity contribution in [2.75, 3.05) is 27.4 Å². The number of rotatable bonds is 10. The molecule has 1 heterocycles. The summed E-state index contributed by atoms with van der Waals surface area (Å²) in [7, 11) is 2.35. The molecule has 2 N–H and O–H groups in total. The number of pyridine rings is 1. The third-order valence-corrected chi connectivity index (χ3v) is 3.09. The Morgan fingerprint density at radius 2 is 2.04 bits per heavy atom. The molecule has 0 aliphatic carbocycles. The van der Waals surface area contributed by atoms with Crippen molar-refractivity contribution < 1.29 is 43.2 Å². The van der Waals surface area contributed by atoms with Gasteiger partial charge in [-0.15, -0.1) is 0 Å². The van der Waals surface area contributed by atoms with E-state index in [1.807, 2.05) is 0 Å². The summed E-state index contributed by atoms with van der Waals surface area (Å²) in [6.07, 6.45) is 2.24. The molecule has 1 aromatic rings. The quantitative estimate of drug-likeness (QED) is 0.231. The van der Waals surface area contributed by atoms with Crippen LogP contribution in [0.4, 0.5) is 4.79 Å². The minimum absolute atomic E-state index is 0.0719. The minimum atomic E-state index is -0.852. The molecule has 1 aromatic heterocycles. The van der Waals surface area contributed by atoms with Gasteiger partial charge in [-0.05, 0) is 13.0 Å². The van der Waals surface area contributed by atoms with E-state index < -0.39 is 24.0 Å². The zero-order chi connectivity index (χ0) is 20.2. The number of alkyl carbamates (subject to hydrolysis) is 1. The van der Waals surface area contributed by atoms with Gasteiger partial charge in [0.05, 0.1) is 13.7 Å². The number of aromatic nitrogens is 1. The first-order valence-electron chi connectivity index (χ1n) is 7.80. The predicted octanol–water partition coefficient (Wildman–Crippen LogP) is -0.779. The Labute approximate surface area is 154 Å². The number of amides is 2. The average molecular weight is 386 g/mol. The smallest absolute Gasteiger partial charge is 0.467 e. The molecule has 0 aromatic carbocycles. The third-order valence-electron chi connectivity index (χ3n) is 3.09. The molecular formula is C15H22N4O8+2. The van der Waals surface area contributed by atoms with Gasteiger partial charge in [-0.1, -0.05) is 0 Å².